The maximum absolute atomic E-state index is 14.6. The summed E-state index contributed by atoms with van der Waals surface area (Å²) < 4.78 is 18.1. The van der Waals surface area contributed by atoms with E-state index in [0.29, 0.717) is 17.9 Å². The third-order valence-electron chi connectivity index (χ3n) is 10.5. The molecule has 2 saturated carbocycles. The Bertz CT molecular complexity index is 1480. The predicted octanol–water partition coefficient (Wildman–Crippen LogP) is 4.55. The summed E-state index contributed by atoms with van der Waals surface area (Å²) in [6.07, 6.45) is 4.46. The number of benzene rings is 2. The maximum atomic E-state index is 14.6. The highest BCUT2D eigenvalue weighted by molar-refractivity contribution is 6.05. The van der Waals surface area contributed by atoms with Gasteiger partial charge in [-0.25, -0.2) is 9.59 Å². The highest BCUT2D eigenvalue weighted by atomic mass is 16.6. The molecule has 0 aromatic heterocycles. The number of fused-ring (bicyclic) bond motifs is 4. The van der Waals surface area contributed by atoms with E-state index in [1.54, 1.807) is 36.4 Å². The third-order valence-corrected chi connectivity index (χ3v) is 10.5. The molecule has 0 amide bonds. The number of ether oxygens (including phenoxy) is 3. The van der Waals surface area contributed by atoms with Crippen molar-refractivity contribution >= 4 is 23.8 Å². The molecular formula is C36H40O8. The average molecular weight is 601 g/mol. The fourth-order valence-electron chi connectivity index (χ4n) is 7.69. The lowest BCUT2D eigenvalue weighted by molar-refractivity contribution is -0.168. The second-order valence-electron chi connectivity index (χ2n) is 13.5. The Hall–Kier alpha value is -3.59. The monoisotopic (exact) mass is 600 g/mol. The fourth-order valence-corrected chi connectivity index (χ4v) is 7.69. The van der Waals surface area contributed by atoms with Crippen LogP contribution in [0.5, 0.6) is 0 Å². The molecule has 8 atom stereocenters. The topological polar surface area (TPSA) is 123 Å². The van der Waals surface area contributed by atoms with Crippen LogP contribution in [0.2, 0.25) is 0 Å². The number of aliphatic hydroxyl groups excluding tert-OH is 2. The van der Waals surface area contributed by atoms with Gasteiger partial charge in [0.15, 0.2) is 5.60 Å². The summed E-state index contributed by atoms with van der Waals surface area (Å²) in [5.41, 5.74) is -1.20. The molecular weight excluding hydrogens is 560 g/mol. The molecule has 0 bridgehead atoms. The second-order valence-corrected chi connectivity index (χ2v) is 13.5. The number of carbonyl (C=O) groups excluding carboxylic acids is 3. The average Bonchev–Trinajstić information content (AvgIpc) is 3.79. The number of hydrogen-bond donors (Lipinski definition) is 2. The van der Waals surface area contributed by atoms with Crippen LogP contribution < -0.4 is 0 Å². The van der Waals surface area contributed by atoms with Crippen molar-refractivity contribution in [3.05, 3.63) is 89.5 Å². The van der Waals surface area contributed by atoms with Gasteiger partial charge in [0.1, 0.15) is 0 Å². The predicted molar refractivity (Wildman–Crippen MR) is 162 cm³/mol. The van der Waals surface area contributed by atoms with E-state index >= 15 is 0 Å². The van der Waals surface area contributed by atoms with Crippen LogP contribution in [0.1, 0.15) is 56.0 Å². The first-order valence-electron chi connectivity index (χ1n) is 15.4. The molecule has 6 rings (SSSR count). The zero-order valence-corrected chi connectivity index (χ0v) is 25.3. The molecule has 232 valence electrons. The zero-order valence-electron chi connectivity index (χ0n) is 25.3. The molecule has 1 aliphatic heterocycles. The molecule has 8 heteroatoms. The van der Waals surface area contributed by atoms with Crippen molar-refractivity contribution < 1.29 is 38.8 Å². The van der Waals surface area contributed by atoms with E-state index in [1.165, 1.54) is 6.08 Å². The second kappa shape index (κ2) is 11.4. The fraction of sp³-hybridized carbons (Fsp3) is 0.472. The summed E-state index contributed by atoms with van der Waals surface area (Å²) in [7, 11) is 0. The number of epoxide rings is 1. The van der Waals surface area contributed by atoms with E-state index < -0.39 is 59.6 Å². The normalized spacial score (nSPS) is 36.6. The Labute approximate surface area is 257 Å². The minimum Gasteiger partial charge on any atom is -0.462 e. The van der Waals surface area contributed by atoms with Crippen molar-refractivity contribution in [2.75, 3.05) is 13.2 Å². The number of Topliss-reactive ketones (excluding diaryl/α,β-unsaturated/α-hetero) is 1. The summed E-state index contributed by atoms with van der Waals surface area (Å²) >= 11 is 0. The van der Waals surface area contributed by atoms with Crippen LogP contribution in [0.4, 0.5) is 0 Å². The number of esters is 2. The van der Waals surface area contributed by atoms with Crippen molar-refractivity contribution in [2.45, 2.75) is 63.4 Å². The molecule has 44 heavy (non-hydrogen) atoms. The number of hydrogen-bond acceptors (Lipinski definition) is 8. The Balaban J connectivity index is 1.37. The van der Waals surface area contributed by atoms with Gasteiger partial charge in [0.2, 0.25) is 5.78 Å². The van der Waals surface area contributed by atoms with Crippen LogP contribution in [-0.2, 0) is 23.8 Å². The minimum atomic E-state index is -1.84. The van der Waals surface area contributed by atoms with Gasteiger partial charge in [0.05, 0.1) is 42.5 Å². The maximum Gasteiger partial charge on any atom is 0.338 e. The van der Waals surface area contributed by atoms with Crippen LogP contribution >= 0.6 is 0 Å². The highest BCUT2D eigenvalue weighted by Crippen LogP contribution is 2.64. The molecule has 1 heterocycles. The Morgan fingerprint density at radius 3 is 2.41 bits per heavy atom. The van der Waals surface area contributed by atoms with Gasteiger partial charge in [0, 0.05) is 24.0 Å². The van der Waals surface area contributed by atoms with Crippen molar-refractivity contribution in [1.82, 2.24) is 0 Å². The molecule has 2 N–H and O–H groups in total. The quantitative estimate of drug-likeness (QED) is 0.270. The SMILES string of the molecule is CC1(C)[C@@H]2/C=C(\CO)C(=O)[C@@]3(OC(=O)/C=C/c4ccccc4)C[C@H](COC(=O)c4ccccc4)[C@H](O)[C@@H]3[C@H]3O[C@]3(C)CC[C@@H]21. The van der Waals surface area contributed by atoms with Crippen molar-refractivity contribution in [1.29, 1.82) is 0 Å². The van der Waals surface area contributed by atoms with Crippen molar-refractivity contribution in [2.24, 2.45) is 29.1 Å². The number of aliphatic hydroxyl groups is 2. The van der Waals surface area contributed by atoms with Crippen LogP contribution in [0, 0.1) is 29.1 Å². The first-order chi connectivity index (χ1) is 21.0. The molecule has 0 spiro atoms. The summed E-state index contributed by atoms with van der Waals surface area (Å²) in [6, 6.07) is 17.8. The Kier molecular flexibility index (Phi) is 7.89. The van der Waals surface area contributed by atoms with E-state index in [4.69, 9.17) is 14.2 Å². The number of ketones is 1. The van der Waals surface area contributed by atoms with Crippen LogP contribution in [0.3, 0.4) is 0 Å². The van der Waals surface area contributed by atoms with E-state index in [-0.39, 0.29) is 29.9 Å². The van der Waals surface area contributed by atoms with E-state index in [0.717, 1.165) is 12.0 Å². The molecule has 1 saturated heterocycles. The summed E-state index contributed by atoms with van der Waals surface area (Å²) in [5, 5.41) is 22.3. The molecule has 2 aromatic carbocycles. The van der Waals surface area contributed by atoms with Crippen molar-refractivity contribution in [3.8, 4) is 0 Å². The number of carbonyl (C=O) groups is 3. The standard InChI is InChI=1S/C36H40O8/c1-34(2)26-16-17-35(3)32(44-35)29-30(39)25(21-42-33(41)23-12-8-5-9-13-23)19-36(29,31(40)24(20-37)18-27(26)34)43-28(38)15-14-22-10-6-4-7-11-22/h4-15,18,25-27,29-30,32,37,39H,16-17,19-21H2,1-3H3/b15-14+,24-18+/t25-,26+,27-,29-,30+,32-,35-,36-/m1/s1. The number of allylic oxidation sites excluding steroid dienone is 1. The summed E-state index contributed by atoms with van der Waals surface area (Å²) in [4.78, 5) is 40.9. The molecule has 4 aliphatic rings. The largest absolute Gasteiger partial charge is 0.462 e. The number of rotatable bonds is 7. The first kappa shape index (κ1) is 30.4. The third kappa shape index (κ3) is 5.44. The molecule has 0 radical (unpaired) electrons. The lowest BCUT2D eigenvalue weighted by atomic mass is 9.77. The van der Waals surface area contributed by atoms with Gasteiger partial charge in [-0.1, -0.05) is 68.5 Å². The van der Waals surface area contributed by atoms with Gasteiger partial charge < -0.3 is 24.4 Å². The van der Waals surface area contributed by atoms with E-state index in [1.807, 2.05) is 43.3 Å². The van der Waals surface area contributed by atoms with Gasteiger partial charge in [-0.15, -0.1) is 0 Å². The van der Waals surface area contributed by atoms with Gasteiger partial charge in [-0.2, -0.15) is 0 Å². The smallest absolute Gasteiger partial charge is 0.338 e. The summed E-state index contributed by atoms with van der Waals surface area (Å²) in [6.45, 7) is 5.57. The molecule has 3 fully saturated rings. The minimum absolute atomic E-state index is 0.0499. The Morgan fingerprint density at radius 2 is 1.73 bits per heavy atom. The lowest BCUT2D eigenvalue weighted by Crippen LogP contribution is -2.52. The first-order valence-corrected chi connectivity index (χ1v) is 15.4. The van der Waals surface area contributed by atoms with E-state index in [9.17, 15) is 24.6 Å². The van der Waals surface area contributed by atoms with Gasteiger partial charge >= 0.3 is 11.9 Å². The van der Waals surface area contributed by atoms with Crippen molar-refractivity contribution in [3.63, 3.8) is 0 Å². The molecule has 3 aliphatic carbocycles. The van der Waals surface area contributed by atoms with Gasteiger partial charge in [-0.05, 0) is 60.8 Å². The van der Waals surface area contributed by atoms with Gasteiger partial charge in [0.25, 0.3) is 0 Å². The Morgan fingerprint density at radius 1 is 1.05 bits per heavy atom. The molecule has 0 unspecified atom stereocenters. The zero-order chi connectivity index (χ0) is 31.3. The molecule has 8 nitrogen and oxygen atoms in total. The lowest BCUT2D eigenvalue weighted by Gasteiger charge is -2.34. The summed E-state index contributed by atoms with van der Waals surface area (Å²) in [5.74, 6) is -3.09. The van der Waals surface area contributed by atoms with E-state index in [2.05, 4.69) is 13.8 Å². The highest BCUT2D eigenvalue weighted by Gasteiger charge is 2.72. The van der Waals surface area contributed by atoms with Crippen LogP contribution in [-0.4, -0.2) is 64.6 Å². The van der Waals surface area contributed by atoms with Crippen LogP contribution in [0.15, 0.2) is 78.4 Å². The van der Waals surface area contributed by atoms with Crippen LogP contribution in [0.25, 0.3) is 6.08 Å². The van der Waals surface area contributed by atoms with Gasteiger partial charge in [-0.3, -0.25) is 4.79 Å². The molecule has 2 aromatic rings.